The molecule has 5 nitrogen and oxygen atoms in total. The van der Waals surface area contributed by atoms with E-state index in [4.69, 9.17) is 5.11 Å². The van der Waals surface area contributed by atoms with E-state index < -0.39 is 16.9 Å². The first kappa shape index (κ1) is 13.7. The van der Waals surface area contributed by atoms with E-state index in [-0.39, 0.29) is 18.2 Å². The molecule has 1 saturated heterocycles. The molecular formula is C12H19NO4. The zero-order valence-corrected chi connectivity index (χ0v) is 10.7. The molecule has 0 atom stereocenters. The quantitative estimate of drug-likeness (QED) is 0.755. The van der Waals surface area contributed by atoms with Crippen LogP contribution in [-0.2, 0) is 14.4 Å². The fourth-order valence-corrected chi connectivity index (χ4v) is 2.26. The second kappa shape index (κ2) is 4.13. The van der Waals surface area contributed by atoms with Gasteiger partial charge in [0, 0.05) is 6.42 Å². The van der Waals surface area contributed by atoms with Gasteiger partial charge in [-0.3, -0.25) is 14.5 Å². The highest BCUT2D eigenvalue weighted by Crippen LogP contribution is 2.41. The number of carboxylic acids is 1. The van der Waals surface area contributed by atoms with Crippen molar-refractivity contribution in [2.75, 3.05) is 0 Å². The summed E-state index contributed by atoms with van der Waals surface area (Å²) in [7, 11) is 0. The average molecular weight is 241 g/mol. The lowest BCUT2D eigenvalue weighted by molar-refractivity contribution is -0.162. The Morgan fingerprint density at radius 3 is 2.12 bits per heavy atom. The molecule has 1 rings (SSSR count). The van der Waals surface area contributed by atoms with E-state index in [9.17, 15) is 14.4 Å². The molecule has 2 amide bonds. The Balaban J connectivity index is 3.18. The molecule has 1 heterocycles. The van der Waals surface area contributed by atoms with Crippen LogP contribution in [0.1, 0.15) is 47.0 Å². The van der Waals surface area contributed by atoms with E-state index in [1.165, 1.54) is 13.8 Å². The standard InChI is InChI=1S/C12H19NO4/c1-5-12(6-2)7-8(14)13(9(12)15)11(3,4)10(16)17/h5-7H2,1-4H3,(H,16,17). The van der Waals surface area contributed by atoms with Crippen LogP contribution in [0, 0.1) is 5.41 Å². The third-order valence-corrected chi connectivity index (χ3v) is 3.83. The van der Waals surface area contributed by atoms with Gasteiger partial charge in [-0.15, -0.1) is 0 Å². The van der Waals surface area contributed by atoms with Crippen molar-refractivity contribution in [1.29, 1.82) is 0 Å². The summed E-state index contributed by atoms with van der Waals surface area (Å²) in [4.78, 5) is 36.3. The highest BCUT2D eigenvalue weighted by molar-refractivity contribution is 6.09. The molecule has 17 heavy (non-hydrogen) atoms. The number of imide groups is 1. The normalized spacial score (nSPS) is 19.9. The van der Waals surface area contributed by atoms with Crippen LogP contribution in [0.4, 0.5) is 0 Å². The SMILES string of the molecule is CCC1(CC)CC(=O)N(C(C)(C)C(=O)O)C1=O. The van der Waals surface area contributed by atoms with E-state index >= 15 is 0 Å². The molecule has 0 radical (unpaired) electrons. The fourth-order valence-electron chi connectivity index (χ4n) is 2.26. The van der Waals surface area contributed by atoms with Crippen molar-refractivity contribution in [3.8, 4) is 0 Å². The van der Waals surface area contributed by atoms with Gasteiger partial charge in [0.25, 0.3) is 0 Å². The summed E-state index contributed by atoms with van der Waals surface area (Å²) in [6.45, 7) is 6.47. The molecule has 1 aliphatic heterocycles. The number of amides is 2. The fraction of sp³-hybridized carbons (Fsp3) is 0.750. The van der Waals surface area contributed by atoms with Crippen molar-refractivity contribution in [2.45, 2.75) is 52.5 Å². The molecule has 5 heteroatoms. The zero-order valence-electron chi connectivity index (χ0n) is 10.7. The van der Waals surface area contributed by atoms with Gasteiger partial charge in [0.1, 0.15) is 5.54 Å². The second-order valence-electron chi connectivity index (χ2n) is 5.06. The largest absolute Gasteiger partial charge is 0.480 e. The molecule has 0 aliphatic carbocycles. The summed E-state index contributed by atoms with van der Waals surface area (Å²) in [5.74, 6) is -1.90. The number of carbonyl (C=O) groups is 3. The molecule has 0 aromatic heterocycles. The zero-order chi connectivity index (χ0) is 13.4. The van der Waals surface area contributed by atoms with Gasteiger partial charge in [-0.2, -0.15) is 0 Å². The molecule has 1 N–H and O–H groups in total. The number of rotatable bonds is 4. The van der Waals surface area contributed by atoms with E-state index in [1.807, 2.05) is 13.8 Å². The van der Waals surface area contributed by atoms with Crippen molar-refractivity contribution in [2.24, 2.45) is 5.41 Å². The second-order valence-corrected chi connectivity index (χ2v) is 5.06. The number of likely N-dealkylation sites (tertiary alicyclic amines) is 1. The first-order chi connectivity index (χ1) is 7.73. The van der Waals surface area contributed by atoms with E-state index in [1.54, 1.807) is 0 Å². The number of nitrogens with zero attached hydrogens (tertiary/aromatic N) is 1. The summed E-state index contributed by atoms with van der Waals surface area (Å²) in [6, 6.07) is 0. The third-order valence-electron chi connectivity index (χ3n) is 3.83. The lowest BCUT2D eigenvalue weighted by Gasteiger charge is -2.32. The Labute approximate surface area is 101 Å². The number of aliphatic carboxylic acids is 1. The molecular weight excluding hydrogens is 222 g/mol. The maximum atomic E-state index is 12.3. The third kappa shape index (κ3) is 1.83. The molecule has 0 aromatic carbocycles. The molecule has 1 fully saturated rings. The maximum Gasteiger partial charge on any atom is 0.329 e. The van der Waals surface area contributed by atoms with Crippen LogP contribution in [-0.4, -0.2) is 33.3 Å². The smallest absolute Gasteiger partial charge is 0.329 e. The predicted octanol–water partition coefficient (Wildman–Crippen LogP) is 1.41. The van der Waals surface area contributed by atoms with Crippen LogP contribution in [0.5, 0.6) is 0 Å². The van der Waals surface area contributed by atoms with Crippen LogP contribution in [0.2, 0.25) is 0 Å². The maximum absolute atomic E-state index is 12.3. The van der Waals surface area contributed by atoms with Gasteiger partial charge in [0.15, 0.2) is 0 Å². The van der Waals surface area contributed by atoms with E-state index in [0.29, 0.717) is 12.8 Å². The lowest BCUT2D eigenvalue weighted by atomic mass is 9.80. The number of carbonyl (C=O) groups excluding carboxylic acids is 2. The molecule has 0 saturated carbocycles. The van der Waals surface area contributed by atoms with Crippen LogP contribution in [0.15, 0.2) is 0 Å². The lowest BCUT2D eigenvalue weighted by Crippen LogP contribution is -2.54. The van der Waals surface area contributed by atoms with Crippen molar-refractivity contribution >= 4 is 17.8 Å². The minimum atomic E-state index is -1.47. The predicted molar refractivity (Wildman–Crippen MR) is 61.2 cm³/mol. The molecule has 1 aliphatic rings. The van der Waals surface area contributed by atoms with E-state index in [0.717, 1.165) is 4.90 Å². The first-order valence-electron chi connectivity index (χ1n) is 5.84. The Morgan fingerprint density at radius 1 is 1.35 bits per heavy atom. The van der Waals surface area contributed by atoms with Gasteiger partial charge in [-0.25, -0.2) is 4.79 Å². The average Bonchev–Trinajstić information content (AvgIpc) is 2.50. The Morgan fingerprint density at radius 2 is 1.82 bits per heavy atom. The van der Waals surface area contributed by atoms with Crippen LogP contribution in [0.25, 0.3) is 0 Å². The molecule has 0 spiro atoms. The molecule has 0 aromatic rings. The molecule has 96 valence electrons. The summed E-state index contributed by atoms with van der Waals surface area (Å²) in [6.07, 6.45) is 1.23. The Bertz CT molecular complexity index is 369. The Kier molecular flexibility index (Phi) is 3.32. The summed E-state index contributed by atoms with van der Waals surface area (Å²) < 4.78 is 0. The minimum absolute atomic E-state index is 0.121. The monoisotopic (exact) mass is 241 g/mol. The summed E-state index contributed by atoms with van der Waals surface area (Å²) in [5.41, 5.74) is -2.18. The van der Waals surface area contributed by atoms with Crippen LogP contribution >= 0.6 is 0 Å². The highest BCUT2D eigenvalue weighted by atomic mass is 16.4. The van der Waals surface area contributed by atoms with Crippen molar-refractivity contribution in [1.82, 2.24) is 4.90 Å². The summed E-state index contributed by atoms with van der Waals surface area (Å²) >= 11 is 0. The van der Waals surface area contributed by atoms with Gasteiger partial charge in [0.05, 0.1) is 5.41 Å². The van der Waals surface area contributed by atoms with Crippen molar-refractivity contribution in [3.63, 3.8) is 0 Å². The van der Waals surface area contributed by atoms with Gasteiger partial charge in [-0.1, -0.05) is 13.8 Å². The Hall–Kier alpha value is -1.39. The minimum Gasteiger partial charge on any atom is -0.480 e. The first-order valence-corrected chi connectivity index (χ1v) is 5.84. The van der Waals surface area contributed by atoms with Crippen molar-refractivity contribution < 1.29 is 19.5 Å². The van der Waals surface area contributed by atoms with Crippen LogP contribution < -0.4 is 0 Å². The highest BCUT2D eigenvalue weighted by Gasteiger charge is 2.55. The number of hydrogen-bond donors (Lipinski definition) is 1. The van der Waals surface area contributed by atoms with Gasteiger partial charge >= 0.3 is 5.97 Å². The van der Waals surface area contributed by atoms with Gasteiger partial charge in [0.2, 0.25) is 11.8 Å². The number of carboxylic acid groups (broad SMARTS) is 1. The molecule has 0 unspecified atom stereocenters. The topological polar surface area (TPSA) is 74.7 Å². The molecule has 0 bridgehead atoms. The van der Waals surface area contributed by atoms with Crippen LogP contribution in [0.3, 0.4) is 0 Å². The van der Waals surface area contributed by atoms with Gasteiger partial charge in [-0.05, 0) is 26.7 Å². The number of hydrogen-bond acceptors (Lipinski definition) is 3. The van der Waals surface area contributed by atoms with Gasteiger partial charge < -0.3 is 5.11 Å². The van der Waals surface area contributed by atoms with E-state index in [2.05, 4.69) is 0 Å². The summed E-state index contributed by atoms with van der Waals surface area (Å²) in [5, 5.41) is 9.11. The van der Waals surface area contributed by atoms with Crippen molar-refractivity contribution in [3.05, 3.63) is 0 Å².